The summed E-state index contributed by atoms with van der Waals surface area (Å²) in [4.78, 5) is 0.189. The van der Waals surface area contributed by atoms with Gasteiger partial charge in [0.15, 0.2) is 5.11 Å². The second-order valence-electron chi connectivity index (χ2n) is 4.70. The Hall–Kier alpha value is -1.22. The van der Waals surface area contributed by atoms with E-state index in [2.05, 4.69) is 10.6 Å². The topological polar surface area (TPSA) is 81.7 Å². The molecule has 1 aromatic rings. The third-order valence-electron chi connectivity index (χ3n) is 2.92. The number of hydrogen-bond donors (Lipinski definition) is 3. The SMILES string of the molecule is CC[C@@H](CO)NC(=S)Nc1cccc(S(=O)(=O)N(C)C)c1. The molecule has 0 aromatic heterocycles. The molecule has 0 saturated carbocycles. The van der Waals surface area contributed by atoms with E-state index in [1.807, 2.05) is 6.92 Å². The van der Waals surface area contributed by atoms with Gasteiger partial charge in [-0.15, -0.1) is 0 Å². The number of hydrogen-bond acceptors (Lipinski definition) is 4. The van der Waals surface area contributed by atoms with Crippen LogP contribution in [-0.4, -0.2) is 49.7 Å². The smallest absolute Gasteiger partial charge is 0.242 e. The highest BCUT2D eigenvalue weighted by Crippen LogP contribution is 2.17. The third-order valence-corrected chi connectivity index (χ3v) is 4.95. The molecule has 0 saturated heterocycles. The van der Waals surface area contributed by atoms with E-state index in [1.54, 1.807) is 12.1 Å². The highest BCUT2D eigenvalue weighted by atomic mass is 32.2. The lowest BCUT2D eigenvalue weighted by atomic mass is 10.2. The molecule has 0 unspecified atom stereocenters. The number of nitrogens with one attached hydrogen (secondary N) is 2. The Kier molecular flexibility index (Phi) is 6.53. The zero-order valence-electron chi connectivity index (χ0n) is 12.3. The highest BCUT2D eigenvalue weighted by Gasteiger charge is 2.17. The van der Waals surface area contributed by atoms with Crippen molar-refractivity contribution in [3.8, 4) is 0 Å². The molecule has 3 N–H and O–H groups in total. The quantitative estimate of drug-likeness (QED) is 0.675. The molecular weight excluding hydrogens is 310 g/mol. The van der Waals surface area contributed by atoms with E-state index in [1.165, 1.54) is 26.2 Å². The Morgan fingerprint density at radius 1 is 1.43 bits per heavy atom. The van der Waals surface area contributed by atoms with Gasteiger partial charge in [0.05, 0.1) is 17.5 Å². The molecule has 1 atom stereocenters. The van der Waals surface area contributed by atoms with E-state index in [9.17, 15) is 8.42 Å². The average molecular weight is 331 g/mol. The number of thiocarbonyl (C=S) groups is 1. The van der Waals surface area contributed by atoms with Crippen LogP contribution >= 0.6 is 12.2 Å². The number of sulfonamides is 1. The van der Waals surface area contributed by atoms with Gasteiger partial charge in [0.2, 0.25) is 10.0 Å². The molecule has 0 bridgehead atoms. The molecule has 0 spiro atoms. The zero-order chi connectivity index (χ0) is 16.0. The second-order valence-corrected chi connectivity index (χ2v) is 7.26. The molecule has 8 heteroatoms. The Morgan fingerprint density at radius 3 is 2.62 bits per heavy atom. The number of aliphatic hydroxyl groups is 1. The van der Waals surface area contributed by atoms with Crippen LogP contribution in [0.2, 0.25) is 0 Å². The van der Waals surface area contributed by atoms with Gasteiger partial charge in [-0.05, 0) is 36.8 Å². The standard InChI is InChI=1S/C13H21N3O3S2/c1-4-10(9-17)14-13(20)15-11-6-5-7-12(8-11)21(18,19)16(2)3/h5-8,10,17H,4,9H2,1-3H3,(H2,14,15,20)/t10-/m0/s1. The maximum absolute atomic E-state index is 12.1. The van der Waals surface area contributed by atoms with Gasteiger partial charge in [-0.3, -0.25) is 0 Å². The third kappa shape index (κ3) is 4.92. The van der Waals surface area contributed by atoms with Crippen LogP contribution in [0.15, 0.2) is 29.2 Å². The van der Waals surface area contributed by atoms with Crippen molar-refractivity contribution >= 4 is 33.0 Å². The Balaban J connectivity index is 2.85. The van der Waals surface area contributed by atoms with Crippen molar-refractivity contribution in [3.63, 3.8) is 0 Å². The lowest BCUT2D eigenvalue weighted by Gasteiger charge is -2.18. The summed E-state index contributed by atoms with van der Waals surface area (Å²) in [6.07, 6.45) is 0.730. The van der Waals surface area contributed by atoms with Crippen LogP contribution in [0, 0.1) is 0 Å². The normalized spacial score (nSPS) is 13.0. The minimum atomic E-state index is -3.48. The molecule has 1 aromatic carbocycles. The van der Waals surface area contributed by atoms with Gasteiger partial charge in [0, 0.05) is 19.8 Å². The number of aliphatic hydroxyl groups excluding tert-OH is 1. The maximum atomic E-state index is 12.1. The molecule has 118 valence electrons. The van der Waals surface area contributed by atoms with Gasteiger partial charge in [-0.25, -0.2) is 12.7 Å². The largest absolute Gasteiger partial charge is 0.394 e. The van der Waals surface area contributed by atoms with Crippen molar-refractivity contribution in [1.29, 1.82) is 0 Å². The van der Waals surface area contributed by atoms with Crippen LogP contribution < -0.4 is 10.6 Å². The molecule has 0 aliphatic rings. The van der Waals surface area contributed by atoms with E-state index in [4.69, 9.17) is 17.3 Å². The van der Waals surface area contributed by atoms with E-state index < -0.39 is 10.0 Å². The van der Waals surface area contributed by atoms with Crippen molar-refractivity contribution in [2.45, 2.75) is 24.3 Å². The van der Waals surface area contributed by atoms with Gasteiger partial charge in [0.1, 0.15) is 0 Å². The molecule has 0 heterocycles. The fourth-order valence-corrected chi connectivity index (χ4v) is 2.81. The fourth-order valence-electron chi connectivity index (χ4n) is 1.57. The summed E-state index contributed by atoms with van der Waals surface area (Å²) in [6.45, 7) is 1.91. The molecule has 21 heavy (non-hydrogen) atoms. The predicted octanol–water partition coefficient (Wildman–Crippen LogP) is 0.994. The van der Waals surface area contributed by atoms with Crippen molar-refractivity contribution in [2.24, 2.45) is 0 Å². The second kappa shape index (κ2) is 7.69. The number of benzene rings is 1. The van der Waals surface area contributed by atoms with Crippen LogP contribution in [-0.2, 0) is 10.0 Å². The van der Waals surface area contributed by atoms with Crippen LogP contribution in [0.1, 0.15) is 13.3 Å². The summed E-state index contributed by atoms with van der Waals surface area (Å²) in [5, 5.41) is 15.3. The molecular formula is C13H21N3O3S2. The summed E-state index contributed by atoms with van der Waals surface area (Å²) >= 11 is 5.14. The molecule has 0 aliphatic heterocycles. The fraction of sp³-hybridized carbons (Fsp3) is 0.462. The van der Waals surface area contributed by atoms with Crippen molar-refractivity contribution in [2.75, 3.05) is 26.0 Å². The van der Waals surface area contributed by atoms with E-state index in [0.717, 1.165) is 10.7 Å². The first-order chi connectivity index (χ1) is 9.81. The van der Waals surface area contributed by atoms with Gasteiger partial charge in [-0.2, -0.15) is 0 Å². The lowest BCUT2D eigenvalue weighted by molar-refractivity contribution is 0.253. The Bertz CT molecular complexity index is 584. The van der Waals surface area contributed by atoms with Gasteiger partial charge >= 0.3 is 0 Å². The summed E-state index contributed by atoms with van der Waals surface area (Å²) in [6, 6.07) is 6.29. The first-order valence-electron chi connectivity index (χ1n) is 6.52. The molecule has 6 nitrogen and oxygen atoms in total. The number of rotatable bonds is 6. The van der Waals surface area contributed by atoms with Crippen LogP contribution in [0.5, 0.6) is 0 Å². The molecule has 0 radical (unpaired) electrons. The van der Waals surface area contributed by atoms with Crippen LogP contribution in [0.25, 0.3) is 0 Å². The van der Waals surface area contributed by atoms with Crippen molar-refractivity contribution in [3.05, 3.63) is 24.3 Å². The first kappa shape index (κ1) is 17.8. The zero-order valence-corrected chi connectivity index (χ0v) is 14.0. The van der Waals surface area contributed by atoms with E-state index in [0.29, 0.717) is 10.8 Å². The maximum Gasteiger partial charge on any atom is 0.242 e. The predicted molar refractivity (Wildman–Crippen MR) is 87.8 cm³/mol. The first-order valence-corrected chi connectivity index (χ1v) is 8.37. The van der Waals surface area contributed by atoms with Crippen LogP contribution in [0.3, 0.4) is 0 Å². The number of anilines is 1. The van der Waals surface area contributed by atoms with Crippen molar-refractivity contribution in [1.82, 2.24) is 9.62 Å². The number of nitrogens with zero attached hydrogens (tertiary/aromatic N) is 1. The van der Waals surface area contributed by atoms with Gasteiger partial charge in [0.25, 0.3) is 0 Å². The lowest BCUT2D eigenvalue weighted by Crippen LogP contribution is -2.39. The monoisotopic (exact) mass is 331 g/mol. The van der Waals surface area contributed by atoms with Crippen LogP contribution in [0.4, 0.5) is 5.69 Å². The molecule has 0 fully saturated rings. The minimum Gasteiger partial charge on any atom is -0.394 e. The molecule has 0 aliphatic carbocycles. The van der Waals surface area contributed by atoms with E-state index >= 15 is 0 Å². The van der Waals surface area contributed by atoms with Gasteiger partial charge in [-0.1, -0.05) is 13.0 Å². The highest BCUT2D eigenvalue weighted by molar-refractivity contribution is 7.89. The summed E-state index contributed by atoms with van der Waals surface area (Å²) < 4.78 is 25.3. The molecule has 0 amide bonds. The summed E-state index contributed by atoms with van der Waals surface area (Å²) in [7, 11) is -0.516. The summed E-state index contributed by atoms with van der Waals surface area (Å²) in [5.74, 6) is 0. The average Bonchev–Trinajstić information content (AvgIpc) is 2.44. The van der Waals surface area contributed by atoms with E-state index in [-0.39, 0.29) is 17.5 Å². The molecule has 1 rings (SSSR count). The summed E-state index contributed by atoms with van der Waals surface area (Å²) in [5.41, 5.74) is 0.572. The van der Waals surface area contributed by atoms with Gasteiger partial charge < -0.3 is 15.7 Å². The minimum absolute atomic E-state index is 0.0205. The Labute approximate surface area is 131 Å². The Morgan fingerprint density at radius 2 is 2.10 bits per heavy atom. The van der Waals surface area contributed by atoms with Crippen molar-refractivity contribution < 1.29 is 13.5 Å².